The molecule has 8 aromatic carbocycles. The second-order valence-electron chi connectivity index (χ2n) is 13.5. The topological polar surface area (TPSA) is 42.4 Å². The average molecular weight is 711 g/mol. The normalized spacial score (nSPS) is 11.7. The fourth-order valence-electron chi connectivity index (χ4n) is 7.78. The summed E-state index contributed by atoms with van der Waals surface area (Å²) in [5, 5.41) is 4.52. The fourth-order valence-corrected chi connectivity index (χ4v) is 9.02. The summed E-state index contributed by atoms with van der Waals surface area (Å²) in [5.41, 5.74) is 11.9. The summed E-state index contributed by atoms with van der Waals surface area (Å²) in [6, 6.07) is 63.7. The third-order valence-corrected chi connectivity index (χ3v) is 11.5. The number of benzene rings is 8. The van der Waals surface area contributed by atoms with E-state index in [2.05, 4.69) is 144 Å². The van der Waals surface area contributed by atoms with Crippen LogP contribution in [0.15, 0.2) is 191 Å². The highest BCUT2D eigenvalue weighted by atomic mass is 32.1. The molecule has 3 aromatic heterocycles. The van der Waals surface area contributed by atoms with E-state index >= 15 is 0 Å². The summed E-state index contributed by atoms with van der Waals surface area (Å²) in [4.78, 5) is 7.37. The predicted molar refractivity (Wildman–Crippen MR) is 225 cm³/mol. The Bertz CT molecular complexity index is 3160. The number of hydrogen-bond acceptors (Lipinski definition) is 5. The number of rotatable bonds is 6. The van der Waals surface area contributed by atoms with Gasteiger partial charge in [-0.2, -0.15) is 0 Å². The first-order valence-corrected chi connectivity index (χ1v) is 18.8. The van der Waals surface area contributed by atoms with Gasteiger partial charge in [0.2, 0.25) is 5.89 Å². The van der Waals surface area contributed by atoms with Crippen molar-refractivity contribution in [3.63, 3.8) is 0 Å². The Morgan fingerprint density at radius 1 is 0.463 bits per heavy atom. The van der Waals surface area contributed by atoms with Crippen LogP contribution >= 0.6 is 11.3 Å². The van der Waals surface area contributed by atoms with Crippen molar-refractivity contribution in [2.75, 3.05) is 4.90 Å². The zero-order chi connectivity index (χ0) is 35.6. The minimum atomic E-state index is 0.628. The molecule has 0 N–H and O–H groups in total. The van der Waals surface area contributed by atoms with Crippen molar-refractivity contribution in [2.45, 2.75) is 0 Å². The first-order valence-electron chi connectivity index (χ1n) is 18.0. The Morgan fingerprint density at radius 2 is 1.15 bits per heavy atom. The van der Waals surface area contributed by atoms with Gasteiger partial charge in [-0.25, -0.2) is 4.98 Å². The molecule has 0 amide bonds. The maximum atomic E-state index is 6.61. The molecule has 0 aliphatic heterocycles. The van der Waals surface area contributed by atoms with Gasteiger partial charge in [-0.1, -0.05) is 121 Å². The lowest BCUT2D eigenvalue weighted by Gasteiger charge is -2.26. The van der Waals surface area contributed by atoms with Crippen molar-refractivity contribution in [3.8, 4) is 33.7 Å². The molecular formula is C49H30N2O2S. The molecule has 3 heterocycles. The standard InChI is InChI=1S/C49H30N2O2S/c1-3-13-31(14-4-1)34-17-11-18-36(29-34)51(41-22-12-21-38-37-19-7-9-23-42(37)52-47(38)41)35-27-25-32(26-28-35)40-30-43-46(50-49(53-43)33-15-5-2-6-16-33)45-39-20-8-10-24-44(39)54-48(40)45/h1-30H. The van der Waals surface area contributed by atoms with Crippen LogP contribution in [0.4, 0.5) is 17.1 Å². The Labute approximate surface area is 314 Å². The highest BCUT2D eigenvalue weighted by Crippen LogP contribution is 2.47. The lowest BCUT2D eigenvalue weighted by molar-refractivity contribution is 0.620. The number of para-hydroxylation sites is 2. The van der Waals surface area contributed by atoms with Gasteiger partial charge in [-0.3, -0.25) is 0 Å². The number of oxazole rings is 1. The molecule has 0 bridgehead atoms. The summed E-state index contributed by atoms with van der Waals surface area (Å²) >= 11 is 1.81. The summed E-state index contributed by atoms with van der Waals surface area (Å²) < 4.78 is 15.5. The molecule has 0 radical (unpaired) electrons. The van der Waals surface area contributed by atoms with E-state index in [0.717, 1.165) is 77.7 Å². The minimum absolute atomic E-state index is 0.628. The van der Waals surface area contributed by atoms with Crippen LogP contribution in [0.3, 0.4) is 0 Å². The lowest BCUT2D eigenvalue weighted by atomic mass is 10.0. The quantitative estimate of drug-likeness (QED) is 0.172. The van der Waals surface area contributed by atoms with E-state index < -0.39 is 0 Å². The molecule has 11 rings (SSSR count). The van der Waals surface area contributed by atoms with Crippen molar-refractivity contribution >= 4 is 81.6 Å². The van der Waals surface area contributed by atoms with Crippen LogP contribution in [0.5, 0.6) is 0 Å². The molecule has 0 unspecified atom stereocenters. The van der Waals surface area contributed by atoms with Gasteiger partial charge in [0, 0.05) is 53.4 Å². The molecule has 0 atom stereocenters. The highest BCUT2D eigenvalue weighted by Gasteiger charge is 2.22. The molecule has 5 heteroatoms. The van der Waals surface area contributed by atoms with Crippen molar-refractivity contribution < 1.29 is 8.83 Å². The van der Waals surface area contributed by atoms with E-state index in [0.29, 0.717) is 5.89 Å². The lowest BCUT2D eigenvalue weighted by Crippen LogP contribution is -2.10. The van der Waals surface area contributed by atoms with Gasteiger partial charge in [0.15, 0.2) is 11.2 Å². The second kappa shape index (κ2) is 12.3. The molecule has 0 fully saturated rings. The molecule has 254 valence electrons. The molecule has 0 saturated carbocycles. The third-order valence-electron chi connectivity index (χ3n) is 10.3. The largest absolute Gasteiger partial charge is 0.454 e. The Balaban J connectivity index is 1.10. The van der Waals surface area contributed by atoms with Crippen LogP contribution in [0.1, 0.15) is 0 Å². The summed E-state index contributed by atoms with van der Waals surface area (Å²) in [5.74, 6) is 0.628. The van der Waals surface area contributed by atoms with E-state index in [-0.39, 0.29) is 0 Å². The van der Waals surface area contributed by atoms with Crippen LogP contribution in [0.25, 0.3) is 86.9 Å². The molecule has 0 aliphatic rings. The summed E-state index contributed by atoms with van der Waals surface area (Å²) in [6.07, 6.45) is 0. The van der Waals surface area contributed by atoms with Gasteiger partial charge >= 0.3 is 0 Å². The molecule has 11 aromatic rings. The first-order chi connectivity index (χ1) is 26.8. The molecular weight excluding hydrogens is 681 g/mol. The first kappa shape index (κ1) is 30.7. The maximum Gasteiger partial charge on any atom is 0.227 e. The van der Waals surface area contributed by atoms with Crippen LogP contribution in [0, 0.1) is 0 Å². The van der Waals surface area contributed by atoms with E-state index in [4.69, 9.17) is 13.8 Å². The average Bonchev–Trinajstić information content (AvgIpc) is 3.96. The van der Waals surface area contributed by atoms with E-state index in [1.54, 1.807) is 11.3 Å². The zero-order valence-electron chi connectivity index (χ0n) is 28.9. The Hall–Kier alpha value is -6.95. The smallest absolute Gasteiger partial charge is 0.227 e. The SMILES string of the molecule is c1ccc(-c2cccc(N(c3ccc(-c4cc5oc(-c6ccccc6)nc5c5c4sc4ccccc45)cc3)c3cccc4c3oc3ccccc34)c2)cc1. The van der Waals surface area contributed by atoms with Crippen LogP contribution in [-0.2, 0) is 0 Å². The van der Waals surface area contributed by atoms with Gasteiger partial charge in [0.25, 0.3) is 0 Å². The number of anilines is 3. The van der Waals surface area contributed by atoms with Gasteiger partial charge in [-0.05, 0) is 77.4 Å². The number of furan rings is 1. The van der Waals surface area contributed by atoms with Gasteiger partial charge < -0.3 is 13.7 Å². The second-order valence-corrected chi connectivity index (χ2v) is 14.6. The minimum Gasteiger partial charge on any atom is -0.454 e. The van der Waals surface area contributed by atoms with Crippen LogP contribution in [-0.4, -0.2) is 4.98 Å². The highest BCUT2D eigenvalue weighted by molar-refractivity contribution is 7.26. The van der Waals surface area contributed by atoms with E-state index in [1.807, 2.05) is 42.5 Å². The number of nitrogens with zero attached hydrogens (tertiary/aromatic N) is 2. The maximum absolute atomic E-state index is 6.61. The van der Waals surface area contributed by atoms with Crippen molar-refractivity contribution in [1.82, 2.24) is 4.98 Å². The Morgan fingerprint density at radius 3 is 1.98 bits per heavy atom. The molecule has 54 heavy (non-hydrogen) atoms. The predicted octanol–water partition coefficient (Wildman–Crippen LogP) is 14.6. The number of aromatic nitrogens is 1. The van der Waals surface area contributed by atoms with Crippen LogP contribution < -0.4 is 4.90 Å². The zero-order valence-corrected chi connectivity index (χ0v) is 29.8. The van der Waals surface area contributed by atoms with Gasteiger partial charge in [-0.15, -0.1) is 11.3 Å². The summed E-state index contributed by atoms with van der Waals surface area (Å²) in [6.45, 7) is 0. The number of hydrogen-bond donors (Lipinski definition) is 0. The molecule has 0 spiro atoms. The molecule has 0 aliphatic carbocycles. The molecule has 0 saturated heterocycles. The van der Waals surface area contributed by atoms with Crippen LogP contribution in [0.2, 0.25) is 0 Å². The van der Waals surface area contributed by atoms with E-state index in [9.17, 15) is 0 Å². The van der Waals surface area contributed by atoms with Crippen molar-refractivity contribution in [3.05, 3.63) is 182 Å². The monoisotopic (exact) mass is 710 g/mol. The fraction of sp³-hybridized carbons (Fsp3) is 0. The van der Waals surface area contributed by atoms with Gasteiger partial charge in [0.1, 0.15) is 11.1 Å². The van der Waals surface area contributed by atoms with Crippen molar-refractivity contribution in [2.24, 2.45) is 0 Å². The summed E-state index contributed by atoms with van der Waals surface area (Å²) in [7, 11) is 0. The van der Waals surface area contributed by atoms with Gasteiger partial charge in [0.05, 0.1) is 5.69 Å². The van der Waals surface area contributed by atoms with Crippen molar-refractivity contribution in [1.29, 1.82) is 0 Å². The third kappa shape index (κ3) is 4.94. The van der Waals surface area contributed by atoms with E-state index in [1.165, 1.54) is 20.3 Å². The number of thiophene rings is 1. The number of fused-ring (bicyclic) bond motifs is 8. The molecule has 4 nitrogen and oxygen atoms in total. The Kier molecular flexibility index (Phi) is 7.00.